The summed E-state index contributed by atoms with van der Waals surface area (Å²) in [5, 5.41) is 11.0. The van der Waals surface area contributed by atoms with E-state index >= 15 is 0 Å². The first kappa shape index (κ1) is 14.6. The van der Waals surface area contributed by atoms with Crippen molar-refractivity contribution in [2.75, 3.05) is 14.1 Å². The van der Waals surface area contributed by atoms with E-state index in [0.29, 0.717) is 16.8 Å². The molecule has 0 bridgehead atoms. The van der Waals surface area contributed by atoms with E-state index in [2.05, 4.69) is 4.98 Å². The number of hydrogen-bond acceptors (Lipinski definition) is 4. The van der Waals surface area contributed by atoms with Crippen LogP contribution >= 0.6 is 0 Å². The lowest BCUT2D eigenvalue weighted by Crippen LogP contribution is -2.01. The molecule has 108 valence electrons. The maximum absolute atomic E-state index is 13.8. The highest BCUT2D eigenvalue weighted by Gasteiger charge is 2.15. The molecule has 0 aliphatic carbocycles. The molecule has 0 unspecified atom stereocenters. The summed E-state index contributed by atoms with van der Waals surface area (Å²) in [5.74, 6) is -0.415. The number of nitrogens with zero attached hydrogens (tertiary/aromatic N) is 3. The van der Waals surface area contributed by atoms with E-state index in [1.165, 1.54) is 12.1 Å². The molecule has 0 atom stereocenters. The first-order valence-electron chi connectivity index (χ1n) is 6.23. The van der Waals surface area contributed by atoms with E-state index < -0.39 is 10.7 Å². The first-order valence-corrected chi connectivity index (χ1v) is 6.23. The minimum atomic E-state index is -0.506. The van der Waals surface area contributed by atoms with E-state index in [1.54, 1.807) is 49.5 Å². The van der Waals surface area contributed by atoms with Crippen molar-refractivity contribution in [3.8, 4) is 11.3 Å². The normalized spacial score (nSPS) is 10.8. The standard InChI is InChI=1S/C15H14FN3O2/c1-18(2)8-7-11-9-14(17-10-15(11)19(20)21)12-5-3-4-6-13(12)16/h3-10H,1-2H3. The summed E-state index contributed by atoms with van der Waals surface area (Å²) in [6.45, 7) is 0. The van der Waals surface area contributed by atoms with Crippen molar-refractivity contribution in [3.05, 3.63) is 64.2 Å². The third-order valence-electron chi connectivity index (χ3n) is 2.81. The van der Waals surface area contributed by atoms with Gasteiger partial charge in [0.05, 0.1) is 16.2 Å². The van der Waals surface area contributed by atoms with Crippen molar-refractivity contribution < 1.29 is 9.31 Å². The molecule has 1 aromatic heterocycles. The van der Waals surface area contributed by atoms with Crippen molar-refractivity contribution in [2.24, 2.45) is 0 Å². The fraction of sp³-hybridized carbons (Fsp3) is 0.133. The van der Waals surface area contributed by atoms with Gasteiger partial charge in [-0.25, -0.2) is 9.37 Å². The number of halogens is 1. The topological polar surface area (TPSA) is 59.3 Å². The zero-order valence-corrected chi connectivity index (χ0v) is 11.7. The van der Waals surface area contributed by atoms with Gasteiger partial charge in [-0.3, -0.25) is 10.1 Å². The Morgan fingerprint density at radius 2 is 2.05 bits per heavy atom. The zero-order chi connectivity index (χ0) is 15.4. The Morgan fingerprint density at radius 1 is 1.33 bits per heavy atom. The van der Waals surface area contributed by atoms with Crippen LogP contribution in [0, 0.1) is 15.9 Å². The summed E-state index contributed by atoms with van der Waals surface area (Å²) in [6, 6.07) is 7.70. The van der Waals surface area contributed by atoms with Gasteiger partial charge in [-0.1, -0.05) is 12.1 Å². The fourth-order valence-corrected chi connectivity index (χ4v) is 1.80. The second kappa shape index (κ2) is 6.13. The molecule has 0 radical (unpaired) electrons. The lowest BCUT2D eigenvalue weighted by molar-refractivity contribution is -0.385. The Labute approximate surface area is 121 Å². The van der Waals surface area contributed by atoms with Crippen LogP contribution in [-0.4, -0.2) is 28.9 Å². The van der Waals surface area contributed by atoms with E-state index in [0.717, 1.165) is 6.20 Å². The molecule has 1 aromatic carbocycles. The molecule has 5 nitrogen and oxygen atoms in total. The van der Waals surface area contributed by atoms with Crippen LogP contribution in [0.4, 0.5) is 10.1 Å². The maximum atomic E-state index is 13.8. The molecule has 2 aromatic rings. The van der Waals surface area contributed by atoms with E-state index in [4.69, 9.17) is 0 Å². The van der Waals surface area contributed by atoms with Crippen molar-refractivity contribution in [2.45, 2.75) is 0 Å². The van der Waals surface area contributed by atoms with Gasteiger partial charge < -0.3 is 4.90 Å². The second-order valence-electron chi connectivity index (χ2n) is 4.64. The van der Waals surface area contributed by atoms with Crippen molar-refractivity contribution in [1.29, 1.82) is 0 Å². The molecule has 0 saturated carbocycles. The minimum Gasteiger partial charge on any atom is -0.383 e. The molecule has 1 heterocycles. The largest absolute Gasteiger partial charge is 0.383 e. The third kappa shape index (κ3) is 3.42. The molecule has 0 aliphatic rings. The number of benzene rings is 1. The molecular weight excluding hydrogens is 273 g/mol. The van der Waals surface area contributed by atoms with Gasteiger partial charge in [0.2, 0.25) is 0 Å². The third-order valence-corrected chi connectivity index (χ3v) is 2.81. The Bertz CT molecular complexity index is 699. The highest BCUT2D eigenvalue weighted by atomic mass is 19.1. The summed E-state index contributed by atoms with van der Waals surface area (Å²) in [6.07, 6.45) is 4.44. The Hall–Kier alpha value is -2.76. The van der Waals surface area contributed by atoms with Crippen LogP contribution in [-0.2, 0) is 0 Å². The van der Waals surface area contributed by atoms with Gasteiger partial charge in [-0.15, -0.1) is 0 Å². The van der Waals surface area contributed by atoms with Crippen LogP contribution in [0.3, 0.4) is 0 Å². The fourth-order valence-electron chi connectivity index (χ4n) is 1.80. The van der Waals surface area contributed by atoms with Crippen LogP contribution in [0.1, 0.15) is 5.56 Å². The van der Waals surface area contributed by atoms with Gasteiger partial charge in [0.1, 0.15) is 12.0 Å². The highest BCUT2D eigenvalue weighted by molar-refractivity contribution is 5.68. The Balaban J connectivity index is 2.54. The van der Waals surface area contributed by atoms with Gasteiger partial charge in [-0.05, 0) is 30.5 Å². The van der Waals surface area contributed by atoms with Crippen LogP contribution < -0.4 is 0 Å². The molecule has 0 spiro atoms. The zero-order valence-electron chi connectivity index (χ0n) is 11.7. The minimum absolute atomic E-state index is 0.117. The summed E-state index contributed by atoms with van der Waals surface area (Å²) in [7, 11) is 3.61. The SMILES string of the molecule is CN(C)C=Cc1cc(-c2ccccc2F)ncc1[N+](=O)[O-]. The predicted octanol–water partition coefficient (Wildman–Crippen LogP) is 3.33. The van der Waals surface area contributed by atoms with Gasteiger partial charge in [0.15, 0.2) is 0 Å². The summed E-state index contributed by atoms with van der Waals surface area (Å²) in [5.41, 5.74) is 0.930. The quantitative estimate of drug-likeness (QED) is 0.639. The maximum Gasteiger partial charge on any atom is 0.294 e. The monoisotopic (exact) mass is 287 g/mol. The Morgan fingerprint density at radius 3 is 2.67 bits per heavy atom. The van der Waals surface area contributed by atoms with E-state index in [-0.39, 0.29) is 5.69 Å². The predicted molar refractivity (Wildman–Crippen MR) is 79.0 cm³/mol. The molecule has 21 heavy (non-hydrogen) atoms. The Kier molecular flexibility index (Phi) is 4.27. The van der Waals surface area contributed by atoms with Crippen LogP contribution in [0.5, 0.6) is 0 Å². The molecule has 0 N–H and O–H groups in total. The second-order valence-corrected chi connectivity index (χ2v) is 4.64. The van der Waals surface area contributed by atoms with Gasteiger partial charge >= 0.3 is 0 Å². The number of rotatable bonds is 4. The number of pyridine rings is 1. The molecule has 0 amide bonds. The summed E-state index contributed by atoms with van der Waals surface area (Å²) in [4.78, 5) is 16.3. The average Bonchev–Trinajstić information content (AvgIpc) is 2.45. The summed E-state index contributed by atoms with van der Waals surface area (Å²) < 4.78 is 13.8. The summed E-state index contributed by atoms with van der Waals surface area (Å²) >= 11 is 0. The molecule has 0 aliphatic heterocycles. The molecule has 6 heteroatoms. The van der Waals surface area contributed by atoms with E-state index in [9.17, 15) is 14.5 Å². The number of nitro groups is 1. The van der Waals surface area contributed by atoms with Crippen LogP contribution in [0.2, 0.25) is 0 Å². The van der Waals surface area contributed by atoms with Crippen LogP contribution in [0.25, 0.3) is 17.3 Å². The van der Waals surface area contributed by atoms with Gasteiger partial charge in [-0.2, -0.15) is 0 Å². The van der Waals surface area contributed by atoms with Crippen molar-refractivity contribution in [3.63, 3.8) is 0 Å². The average molecular weight is 287 g/mol. The van der Waals surface area contributed by atoms with Crippen molar-refractivity contribution >= 4 is 11.8 Å². The first-order chi connectivity index (χ1) is 9.99. The molecular formula is C15H14FN3O2. The van der Waals surface area contributed by atoms with Gasteiger partial charge in [0.25, 0.3) is 5.69 Å². The highest BCUT2D eigenvalue weighted by Crippen LogP contribution is 2.26. The number of hydrogen-bond donors (Lipinski definition) is 0. The number of aromatic nitrogens is 1. The van der Waals surface area contributed by atoms with Gasteiger partial charge in [0, 0.05) is 19.7 Å². The lowest BCUT2D eigenvalue weighted by Gasteiger charge is -2.06. The lowest BCUT2D eigenvalue weighted by atomic mass is 10.1. The smallest absolute Gasteiger partial charge is 0.294 e. The van der Waals surface area contributed by atoms with E-state index in [1.807, 2.05) is 0 Å². The van der Waals surface area contributed by atoms with Crippen LogP contribution in [0.15, 0.2) is 42.7 Å². The van der Waals surface area contributed by atoms with Crippen molar-refractivity contribution in [1.82, 2.24) is 9.88 Å². The molecule has 2 rings (SSSR count). The molecule has 0 saturated heterocycles. The molecule has 0 fully saturated rings.